The van der Waals surface area contributed by atoms with Gasteiger partial charge in [0, 0.05) is 30.1 Å². The van der Waals surface area contributed by atoms with Crippen molar-refractivity contribution in [2.75, 3.05) is 17.2 Å². The fourth-order valence-corrected chi connectivity index (χ4v) is 2.35. The number of carbonyl (C=O) groups is 1. The lowest BCUT2D eigenvalue weighted by atomic mass is 10.0. The molecule has 0 bridgehead atoms. The van der Waals surface area contributed by atoms with Crippen LogP contribution < -0.4 is 10.6 Å². The van der Waals surface area contributed by atoms with Crippen molar-refractivity contribution < 1.29 is 4.79 Å². The molecule has 0 spiro atoms. The fourth-order valence-electron chi connectivity index (χ4n) is 2.35. The van der Waals surface area contributed by atoms with Gasteiger partial charge >= 0.3 is 0 Å². The number of nitrogens with zero attached hydrogens (tertiary/aromatic N) is 2. The molecule has 19 heavy (non-hydrogen) atoms. The molecule has 5 nitrogen and oxygen atoms in total. The number of rotatable bonds is 3. The van der Waals surface area contributed by atoms with E-state index >= 15 is 0 Å². The summed E-state index contributed by atoms with van der Waals surface area (Å²) >= 11 is 0. The molecule has 98 valence electrons. The number of anilines is 2. The van der Waals surface area contributed by atoms with Crippen LogP contribution in [0.5, 0.6) is 0 Å². The first-order chi connectivity index (χ1) is 9.29. The SMILES string of the molecule is CCCNc1nc2c(c3cccnc13)CCC(=O)N2. The Morgan fingerprint density at radius 2 is 2.32 bits per heavy atom. The van der Waals surface area contributed by atoms with Crippen LogP contribution in [0.25, 0.3) is 10.9 Å². The number of pyridine rings is 2. The highest BCUT2D eigenvalue weighted by atomic mass is 16.1. The van der Waals surface area contributed by atoms with Crippen LogP contribution in [0.15, 0.2) is 18.3 Å². The molecule has 2 N–H and O–H groups in total. The second kappa shape index (κ2) is 4.84. The van der Waals surface area contributed by atoms with Crippen LogP contribution in [-0.4, -0.2) is 22.4 Å². The Kier molecular flexibility index (Phi) is 3.03. The van der Waals surface area contributed by atoms with E-state index in [1.807, 2.05) is 12.1 Å². The van der Waals surface area contributed by atoms with Crippen LogP contribution >= 0.6 is 0 Å². The second-order valence-corrected chi connectivity index (χ2v) is 4.66. The molecule has 3 heterocycles. The van der Waals surface area contributed by atoms with Crippen LogP contribution in [0.1, 0.15) is 25.3 Å². The molecule has 0 fully saturated rings. The standard InChI is InChI=1S/C14H16N4O/c1-2-7-16-14-12-9(4-3-8-15-12)10-5-6-11(19)17-13(10)18-14/h3-4,8H,2,5-7H2,1H3,(H2,16,17,18,19). The topological polar surface area (TPSA) is 66.9 Å². The zero-order valence-electron chi connectivity index (χ0n) is 10.9. The zero-order valence-corrected chi connectivity index (χ0v) is 10.9. The Morgan fingerprint density at radius 3 is 3.16 bits per heavy atom. The number of aromatic nitrogens is 2. The van der Waals surface area contributed by atoms with Gasteiger partial charge in [0.1, 0.15) is 11.3 Å². The molecular weight excluding hydrogens is 240 g/mol. The van der Waals surface area contributed by atoms with Gasteiger partial charge in [0.05, 0.1) is 0 Å². The summed E-state index contributed by atoms with van der Waals surface area (Å²) < 4.78 is 0. The van der Waals surface area contributed by atoms with Crippen LogP contribution in [0.4, 0.5) is 11.6 Å². The Labute approximate surface area is 111 Å². The molecule has 1 aliphatic rings. The summed E-state index contributed by atoms with van der Waals surface area (Å²) in [6.45, 7) is 2.94. The van der Waals surface area contributed by atoms with Gasteiger partial charge in [0.15, 0.2) is 5.82 Å². The van der Waals surface area contributed by atoms with E-state index in [0.29, 0.717) is 12.2 Å². The molecule has 0 saturated carbocycles. The first-order valence-electron chi connectivity index (χ1n) is 6.61. The van der Waals surface area contributed by atoms with Crippen molar-refractivity contribution in [3.63, 3.8) is 0 Å². The van der Waals surface area contributed by atoms with Crippen molar-refractivity contribution in [1.82, 2.24) is 9.97 Å². The second-order valence-electron chi connectivity index (χ2n) is 4.66. The molecular formula is C14H16N4O. The number of aryl methyl sites for hydroxylation is 1. The highest BCUT2D eigenvalue weighted by molar-refractivity contribution is 6.00. The third-order valence-electron chi connectivity index (χ3n) is 3.27. The lowest BCUT2D eigenvalue weighted by Crippen LogP contribution is -2.21. The molecule has 0 unspecified atom stereocenters. The zero-order chi connectivity index (χ0) is 13.2. The number of amides is 1. The van der Waals surface area contributed by atoms with E-state index in [1.54, 1.807) is 6.20 Å². The van der Waals surface area contributed by atoms with Gasteiger partial charge in [-0.2, -0.15) is 0 Å². The highest BCUT2D eigenvalue weighted by Crippen LogP contribution is 2.31. The van der Waals surface area contributed by atoms with Crippen molar-refractivity contribution >= 4 is 28.4 Å². The Morgan fingerprint density at radius 1 is 1.42 bits per heavy atom. The minimum Gasteiger partial charge on any atom is -0.368 e. The molecule has 0 saturated heterocycles. The van der Waals surface area contributed by atoms with E-state index in [0.717, 1.165) is 41.7 Å². The summed E-state index contributed by atoms with van der Waals surface area (Å²) in [5, 5.41) is 7.20. The van der Waals surface area contributed by atoms with Crippen LogP contribution in [0, 0.1) is 0 Å². The summed E-state index contributed by atoms with van der Waals surface area (Å²) in [5.41, 5.74) is 1.97. The lowest BCUT2D eigenvalue weighted by Gasteiger charge is -2.19. The third-order valence-corrected chi connectivity index (χ3v) is 3.27. The van der Waals surface area contributed by atoms with Crippen LogP contribution in [-0.2, 0) is 11.2 Å². The number of nitrogens with one attached hydrogen (secondary N) is 2. The van der Waals surface area contributed by atoms with Crippen molar-refractivity contribution in [2.24, 2.45) is 0 Å². The minimum absolute atomic E-state index is 0.0321. The predicted molar refractivity (Wildman–Crippen MR) is 75.3 cm³/mol. The van der Waals surface area contributed by atoms with E-state index < -0.39 is 0 Å². The summed E-state index contributed by atoms with van der Waals surface area (Å²) in [4.78, 5) is 20.4. The Bertz CT molecular complexity index is 639. The van der Waals surface area contributed by atoms with Crippen LogP contribution in [0.2, 0.25) is 0 Å². The highest BCUT2D eigenvalue weighted by Gasteiger charge is 2.20. The van der Waals surface area contributed by atoms with E-state index in [1.165, 1.54) is 0 Å². The van der Waals surface area contributed by atoms with Gasteiger partial charge in [0.25, 0.3) is 0 Å². The molecule has 1 aliphatic heterocycles. The summed E-state index contributed by atoms with van der Waals surface area (Å²) in [6.07, 6.45) is 4.03. The maximum Gasteiger partial charge on any atom is 0.225 e. The van der Waals surface area contributed by atoms with Gasteiger partial charge in [-0.05, 0) is 18.9 Å². The molecule has 5 heteroatoms. The number of hydrogen-bond acceptors (Lipinski definition) is 4. The van der Waals surface area contributed by atoms with Gasteiger partial charge in [-0.1, -0.05) is 13.0 Å². The van der Waals surface area contributed by atoms with Gasteiger partial charge in [0.2, 0.25) is 5.91 Å². The van der Waals surface area contributed by atoms with Crippen LogP contribution in [0.3, 0.4) is 0 Å². The number of hydrogen-bond donors (Lipinski definition) is 2. The van der Waals surface area contributed by atoms with Gasteiger partial charge in [-0.3, -0.25) is 9.78 Å². The summed E-state index contributed by atoms with van der Waals surface area (Å²) in [5.74, 6) is 1.46. The third kappa shape index (κ3) is 2.12. The maximum atomic E-state index is 11.5. The van der Waals surface area contributed by atoms with Crippen molar-refractivity contribution in [2.45, 2.75) is 26.2 Å². The van der Waals surface area contributed by atoms with E-state index in [-0.39, 0.29) is 5.91 Å². The fraction of sp³-hybridized carbons (Fsp3) is 0.357. The average molecular weight is 256 g/mol. The smallest absolute Gasteiger partial charge is 0.225 e. The molecule has 3 rings (SSSR count). The number of carbonyl (C=O) groups excluding carboxylic acids is 1. The largest absolute Gasteiger partial charge is 0.368 e. The molecule has 0 aliphatic carbocycles. The summed E-state index contributed by atoms with van der Waals surface area (Å²) in [7, 11) is 0. The first kappa shape index (κ1) is 11.9. The van der Waals surface area contributed by atoms with E-state index in [9.17, 15) is 4.79 Å². The van der Waals surface area contributed by atoms with Crippen molar-refractivity contribution in [3.05, 3.63) is 23.9 Å². The van der Waals surface area contributed by atoms with E-state index in [4.69, 9.17) is 0 Å². The summed E-state index contributed by atoms with van der Waals surface area (Å²) in [6, 6.07) is 3.96. The molecule has 0 atom stereocenters. The normalized spacial score (nSPS) is 14.1. The maximum absolute atomic E-state index is 11.5. The Balaban J connectivity index is 2.17. The van der Waals surface area contributed by atoms with Crippen molar-refractivity contribution in [1.29, 1.82) is 0 Å². The molecule has 2 aromatic heterocycles. The van der Waals surface area contributed by atoms with Crippen molar-refractivity contribution in [3.8, 4) is 0 Å². The van der Waals surface area contributed by atoms with Gasteiger partial charge in [-0.15, -0.1) is 0 Å². The molecule has 0 radical (unpaired) electrons. The molecule has 1 amide bonds. The van der Waals surface area contributed by atoms with Gasteiger partial charge < -0.3 is 10.6 Å². The predicted octanol–water partition coefficient (Wildman–Crippen LogP) is 2.34. The quantitative estimate of drug-likeness (QED) is 0.884. The number of fused-ring (bicyclic) bond motifs is 3. The average Bonchev–Trinajstić information content (AvgIpc) is 2.44. The minimum atomic E-state index is 0.0321. The lowest BCUT2D eigenvalue weighted by molar-refractivity contribution is -0.116. The molecule has 0 aromatic carbocycles. The monoisotopic (exact) mass is 256 g/mol. The van der Waals surface area contributed by atoms with Gasteiger partial charge in [-0.25, -0.2) is 4.98 Å². The molecule has 2 aromatic rings. The van der Waals surface area contributed by atoms with E-state index in [2.05, 4.69) is 27.5 Å². The Hall–Kier alpha value is -2.17. The first-order valence-corrected chi connectivity index (χ1v) is 6.61.